The zero-order valence-corrected chi connectivity index (χ0v) is 16.5. The van der Waals surface area contributed by atoms with Crippen molar-refractivity contribution in [2.45, 2.75) is 65.3 Å². The number of nitrogens with one attached hydrogen (secondary N) is 3. The largest absolute Gasteiger partial charge is 0.480 e. The highest BCUT2D eigenvalue weighted by Crippen LogP contribution is 2.06. The summed E-state index contributed by atoms with van der Waals surface area (Å²) in [6, 6.07) is -3.16. The maximum absolute atomic E-state index is 12.5. The molecule has 0 spiro atoms. The monoisotopic (exact) mass is 388 g/mol. The quantitative estimate of drug-likeness (QED) is 0.252. The zero-order valence-electron chi connectivity index (χ0n) is 16.5. The molecule has 27 heavy (non-hydrogen) atoms. The van der Waals surface area contributed by atoms with E-state index in [0.717, 1.165) is 0 Å². The molecule has 7 N–H and O–H groups in total. The minimum absolute atomic E-state index is 0.174. The number of aliphatic carboxylic acids is 1. The van der Waals surface area contributed by atoms with E-state index >= 15 is 0 Å². The van der Waals surface area contributed by atoms with Crippen LogP contribution in [0.4, 0.5) is 0 Å². The number of nitrogens with two attached hydrogens (primary N) is 1. The van der Waals surface area contributed by atoms with Crippen molar-refractivity contribution >= 4 is 23.7 Å². The van der Waals surface area contributed by atoms with Gasteiger partial charge in [0.25, 0.3) is 0 Å². The van der Waals surface area contributed by atoms with E-state index in [-0.39, 0.29) is 11.8 Å². The van der Waals surface area contributed by atoms with Crippen LogP contribution in [0, 0.1) is 11.8 Å². The van der Waals surface area contributed by atoms with Crippen LogP contribution in [-0.4, -0.2) is 64.7 Å². The van der Waals surface area contributed by atoms with Crippen LogP contribution in [0.15, 0.2) is 0 Å². The first-order valence-corrected chi connectivity index (χ1v) is 8.90. The molecule has 0 aromatic carbocycles. The molecule has 10 nitrogen and oxygen atoms in total. The standard InChI is InChI=1S/C17H32N4O6/c1-8(2)6-11(18)15(25)21-14(10(5)22)17(27)20-13(9(3)4)16(26)19-7-12(23)24/h8-11,13-14,22H,6-7,18H2,1-5H3,(H,19,26)(H,20,27)(H,21,25)(H,23,24). The lowest BCUT2D eigenvalue weighted by atomic mass is 10.0. The van der Waals surface area contributed by atoms with Gasteiger partial charge in [0.1, 0.15) is 18.6 Å². The SMILES string of the molecule is CC(C)CC(N)C(=O)NC(C(=O)NC(C(=O)NCC(=O)O)C(C)C)C(C)O. The number of hydrogen-bond donors (Lipinski definition) is 6. The van der Waals surface area contributed by atoms with Crippen molar-refractivity contribution in [3.63, 3.8) is 0 Å². The van der Waals surface area contributed by atoms with E-state index in [0.29, 0.717) is 6.42 Å². The van der Waals surface area contributed by atoms with Gasteiger partial charge in [0.15, 0.2) is 0 Å². The van der Waals surface area contributed by atoms with Gasteiger partial charge in [0.2, 0.25) is 17.7 Å². The number of carbonyl (C=O) groups is 4. The molecular formula is C17H32N4O6. The first-order chi connectivity index (χ1) is 12.4. The van der Waals surface area contributed by atoms with Gasteiger partial charge >= 0.3 is 5.97 Å². The molecule has 0 aromatic rings. The maximum atomic E-state index is 12.5. The summed E-state index contributed by atoms with van der Waals surface area (Å²) in [5.41, 5.74) is 5.79. The topological polar surface area (TPSA) is 171 Å². The summed E-state index contributed by atoms with van der Waals surface area (Å²) < 4.78 is 0. The number of carboxylic acids is 1. The predicted octanol–water partition coefficient (Wildman–Crippen LogP) is -1.43. The van der Waals surface area contributed by atoms with Crippen molar-refractivity contribution in [3.05, 3.63) is 0 Å². The molecule has 0 bridgehead atoms. The van der Waals surface area contributed by atoms with E-state index in [2.05, 4.69) is 16.0 Å². The highest BCUT2D eigenvalue weighted by Gasteiger charge is 2.32. The lowest BCUT2D eigenvalue weighted by Crippen LogP contribution is -2.60. The summed E-state index contributed by atoms with van der Waals surface area (Å²) in [5.74, 6) is -3.41. The van der Waals surface area contributed by atoms with Crippen LogP contribution in [-0.2, 0) is 19.2 Å². The van der Waals surface area contributed by atoms with Crippen molar-refractivity contribution in [2.24, 2.45) is 17.6 Å². The summed E-state index contributed by atoms with van der Waals surface area (Å²) in [4.78, 5) is 47.3. The summed E-state index contributed by atoms with van der Waals surface area (Å²) in [5, 5.41) is 25.6. The minimum Gasteiger partial charge on any atom is -0.480 e. The minimum atomic E-state index is -1.30. The van der Waals surface area contributed by atoms with E-state index < -0.39 is 54.5 Å². The highest BCUT2D eigenvalue weighted by molar-refractivity contribution is 5.94. The second kappa shape index (κ2) is 11.5. The van der Waals surface area contributed by atoms with Gasteiger partial charge in [-0.15, -0.1) is 0 Å². The van der Waals surface area contributed by atoms with E-state index in [1.165, 1.54) is 6.92 Å². The first kappa shape index (κ1) is 24.8. The summed E-state index contributed by atoms with van der Waals surface area (Å²) in [6.07, 6.45) is -0.818. The molecule has 0 aromatic heterocycles. The number of aliphatic hydroxyl groups excluding tert-OH is 1. The second-order valence-electron chi connectivity index (χ2n) is 7.30. The van der Waals surface area contributed by atoms with Crippen LogP contribution in [0.3, 0.4) is 0 Å². The zero-order chi connectivity index (χ0) is 21.3. The third-order valence-electron chi connectivity index (χ3n) is 3.79. The maximum Gasteiger partial charge on any atom is 0.322 e. The number of amides is 3. The van der Waals surface area contributed by atoms with Gasteiger partial charge in [-0.25, -0.2) is 0 Å². The number of carboxylic acid groups (broad SMARTS) is 1. The summed E-state index contributed by atoms with van der Waals surface area (Å²) in [7, 11) is 0. The van der Waals surface area contributed by atoms with Crippen LogP contribution < -0.4 is 21.7 Å². The van der Waals surface area contributed by atoms with Crippen LogP contribution >= 0.6 is 0 Å². The average Bonchev–Trinajstić information content (AvgIpc) is 2.53. The molecule has 4 atom stereocenters. The molecule has 0 aliphatic carbocycles. The van der Waals surface area contributed by atoms with Crippen LogP contribution in [0.25, 0.3) is 0 Å². The summed E-state index contributed by atoms with van der Waals surface area (Å²) >= 11 is 0. The lowest BCUT2D eigenvalue weighted by molar-refractivity contribution is -0.139. The summed E-state index contributed by atoms with van der Waals surface area (Å²) in [6.45, 7) is 7.87. The van der Waals surface area contributed by atoms with Gasteiger partial charge in [-0.2, -0.15) is 0 Å². The van der Waals surface area contributed by atoms with Crippen molar-refractivity contribution < 1.29 is 29.4 Å². The highest BCUT2D eigenvalue weighted by atomic mass is 16.4. The molecule has 3 amide bonds. The molecule has 0 fully saturated rings. The van der Waals surface area contributed by atoms with Gasteiger partial charge in [0, 0.05) is 0 Å². The molecule has 0 heterocycles. The fraction of sp³-hybridized carbons (Fsp3) is 0.765. The normalized spacial score (nSPS) is 15.6. The Labute approximate surface area is 159 Å². The number of carbonyl (C=O) groups excluding carboxylic acids is 3. The predicted molar refractivity (Wildman–Crippen MR) is 98.5 cm³/mol. The second-order valence-corrected chi connectivity index (χ2v) is 7.30. The molecule has 156 valence electrons. The molecular weight excluding hydrogens is 356 g/mol. The Kier molecular flexibility index (Phi) is 10.6. The number of rotatable bonds is 11. The molecule has 4 unspecified atom stereocenters. The third kappa shape index (κ3) is 9.34. The molecule has 0 saturated carbocycles. The van der Waals surface area contributed by atoms with Crippen LogP contribution in [0.5, 0.6) is 0 Å². The van der Waals surface area contributed by atoms with Crippen LogP contribution in [0.2, 0.25) is 0 Å². The van der Waals surface area contributed by atoms with Gasteiger partial charge < -0.3 is 31.9 Å². The van der Waals surface area contributed by atoms with E-state index in [1.54, 1.807) is 13.8 Å². The Hall–Kier alpha value is -2.20. The molecule has 0 rings (SSSR count). The third-order valence-corrected chi connectivity index (χ3v) is 3.79. The van der Waals surface area contributed by atoms with Crippen molar-refractivity contribution in [2.75, 3.05) is 6.54 Å². The van der Waals surface area contributed by atoms with E-state index in [1.807, 2.05) is 13.8 Å². The Balaban J connectivity index is 5.09. The molecule has 0 aliphatic heterocycles. The van der Waals surface area contributed by atoms with Crippen molar-refractivity contribution in [1.29, 1.82) is 0 Å². The molecule has 0 saturated heterocycles. The fourth-order valence-corrected chi connectivity index (χ4v) is 2.33. The fourth-order valence-electron chi connectivity index (χ4n) is 2.33. The van der Waals surface area contributed by atoms with E-state index in [9.17, 15) is 24.3 Å². The Morgan fingerprint density at radius 1 is 0.889 bits per heavy atom. The van der Waals surface area contributed by atoms with Gasteiger partial charge in [-0.05, 0) is 25.2 Å². The molecule has 0 aliphatic rings. The lowest BCUT2D eigenvalue weighted by Gasteiger charge is -2.27. The Morgan fingerprint density at radius 3 is 1.81 bits per heavy atom. The van der Waals surface area contributed by atoms with E-state index in [4.69, 9.17) is 10.8 Å². The van der Waals surface area contributed by atoms with Gasteiger partial charge in [0.05, 0.1) is 12.1 Å². The van der Waals surface area contributed by atoms with Gasteiger partial charge in [-0.3, -0.25) is 19.2 Å². The average molecular weight is 388 g/mol. The number of hydrogen-bond acceptors (Lipinski definition) is 6. The molecule has 0 radical (unpaired) electrons. The van der Waals surface area contributed by atoms with Gasteiger partial charge in [-0.1, -0.05) is 27.7 Å². The Bertz CT molecular complexity index is 536. The molecule has 10 heteroatoms. The van der Waals surface area contributed by atoms with Crippen molar-refractivity contribution in [1.82, 2.24) is 16.0 Å². The van der Waals surface area contributed by atoms with Crippen molar-refractivity contribution in [3.8, 4) is 0 Å². The van der Waals surface area contributed by atoms with Crippen LogP contribution in [0.1, 0.15) is 41.0 Å². The number of aliphatic hydroxyl groups is 1. The first-order valence-electron chi connectivity index (χ1n) is 8.90. The smallest absolute Gasteiger partial charge is 0.322 e. The Morgan fingerprint density at radius 2 is 1.41 bits per heavy atom.